The molecule has 0 fully saturated rings. The molecule has 1 amide bonds. The fourth-order valence-corrected chi connectivity index (χ4v) is 2.80. The summed E-state index contributed by atoms with van der Waals surface area (Å²) in [5, 5.41) is 25.9. The molecule has 11 nitrogen and oxygen atoms in total. The number of hydrogen-bond donors (Lipinski definition) is 1. The maximum absolute atomic E-state index is 12.3. The van der Waals surface area contributed by atoms with Gasteiger partial charge in [-0.2, -0.15) is 5.10 Å². The standard InChI is InChI=1S/C19H13ClN4O7/c1-30-17-6-3-12(24(28)29)9-15(17)19(25)22-21-10-13-4-7-18(31-13)14-8-11(23(26)27)2-5-16(14)20/h2-10H,1H3,(H,22,25)/b21-10-. The first-order chi connectivity index (χ1) is 14.8. The molecule has 0 atom stereocenters. The van der Waals surface area contributed by atoms with E-state index in [2.05, 4.69) is 10.5 Å². The van der Waals surface area contributed by atoms with E-state index in [1.165, 1.54) is 55.8 Å². The van der Waals surface area contributed by atoms with Crippen molar-refractivity contribution in [2.24, 2.45) is 5.10 Å². The number of halogens is 1. The van der Waals surface area contributed by atoms with Crippen LogP contribution in [-0.4, -0.2) is 29.1 Å². The SMILES string of the molecule is COc1ccc([N+](=O)[O-])cc1C(=O)N/N=C\c1ccc(-c2cc([N+](=O)[O-])ccc2Cl)o1. The fourth-order valence-electron chi connectivity index (χ4n) is 2.58. The summed E-state index contributed by atoms with van der Waals surface area (Å²) in [4.78, 5) is 33.0. The molecule has 1 heterocycles. The monoisotopic (exact) mass is 444 g/mol. The van der Waals surface area contributed by atoms with Crippen LogP contribution in [0.2, 0.25) is 5.02 Å². The molecular weight excluding hydrogens is 432 g/mol. The maximum atomic E-state index is 12.3. The largest absolute Gasteiger partial charge is 0.496 e. The Hall–Kier alpha value is -4.25. The van der Waals surface area contributed by atoms with E-state index in [0.717, 1.165) is 6.07 Å². The number of rotatable bonds is 7. The Kier molecular flexibility index (Phi) is 6.26. The van der Waals surface area contributed by atoms with Gasteiger partial charge in [0.2, 0.25) is 0 Å². The number of ether oxygens (including phenoxy) is 1. The summed E-state index contributed by atoms with van der Waals surface area (Å²) >= 11 is 6.09. The molecule has 0 aliphatic rings. The van der Waals surface area contributed by atoms with Crippen molar-refractivity contribution in [2.75, 3.05) is 7.11 Å². The molecule has 2 aromatic carbocycles. The summed E-state index contributed by atoms with van der Waals surface area (Å²) < 4.78 is 10.6. The van der Waals surface area contributed by atoms with E-state index in [0.29, 0.717) is 5.56 Å². The molecule has 0 aliphatic heterocycles. The molecule has 0 saturated carbocycles. The van der Waals surface area contributed by atoms with Crippen molar-refractivity contribution < 1.29 is 23.8 Å². The normalized spacial score (nSPS) is 10.8. The lowest BCUT2D eigenvalue weighted by Gasteiger charge is -2.06. The second-order valence-electron chi connectivity index (χ2n) is 5.96. The Balaban J connectivity index is 1.76. The Bertz CT molecular complexity index is 1210. The number of benzene rings is 2. The average molecular weight is 445 g/mol. The summed E-state index contributed by atoms with van der Waals surface area (Å²) in [6, 6.07) is 10.6. The maximum Gasteiger partial charge on any atom is 0.275 e. The molecule has 3 rings (SSSR count). The van der Waals surface area contributed by atoms with Gasteiger partial charge in [-0.25, -0.2) is 5.43 Å². The highest BCUT2D eigenvalue weighted by Gasteiger charge is 2.17. The summed E-state index contributed by atoms with van der Waals surface area (Å²) in [6.45, 7) is 0. The first kappa shape index (κ1) is 21.5. The van der Waals surface area contributed by atoms with E-state index >= 15 is 0 Å². The molecule has 0 unspecified atom stereocenters. The van der Waals surface area contributed by atoms with Gasteiger partial charge in [0.05, 0.1) is 33.8 Å². The molecule has 0 radical (unpaired) electrons. The second-order valence-corrected chi connectivity index (χ2v) is 6.37. The smallest absolute Gasteiger partial charge is 0.275 e. The summed E-state index contributed by atoms with van der Waals surface area (Å²) in [5.41, 5.74) is 2.05. The van der Waals surface area contributed by atoms with Crippen LogP contribution in [0.3, 0.4) is 0 Å². The number of carbonyl (C=O) groups excluding carboxylic acids is 1. The number of hydrazone groups is 1. The van der Waals surface area contributed by atoms with Crippen LogP contribution in [0, 0.1) is 20.2 Å². The number of hydrogen-bond acceptors (Lipinski definition) is 8. The number of nitrogens with one attached hydrogen (secondary N) is 1. The highest BCUT2D eigenvalue weighted by molar-refractivity contribution is 6.33. The molecule has 0 bridgehead atoms. The quantitative estimate of drug-likeness (QED) is 0.326. The van der Waals surface area contributed by atoms with Crippen LogP contribution in [0.15, 0.2) is 58.0 Å². The van der Waals surface area contributed by atoms with E-state index in [9.17, 15) is 25.0 Å². The van der Waals surface area contributed by atoms with Crippen LogP contribution in [0.25, 0.3) is 11.3 Å². The Labute approximate surface area is 179 Å². The van der Waals surface area contributed by atoms with Gasteiger partial charge >= 0.3 is 0 Å². The van der Waals surface area contributed by atoms with Gasteiger partial charge in [-0.3, -0.25) is 25.0 Å². The van der Waals surface area contributed by atoms with Gasteiger partial charge < -0.3 is 9.15 Å². The number of methoxy groups -OCH3 is 1. The number of amides is 1. The van der Waals surface area contributed by atoms with Crippen molar-refractivity contribution in [1.82, 2.24) is 5.43 Å². The second kappa shape index (κ2) is 9.05. The van der Waals surface area contributed by atoms with Crippen molar-refractivity contribution in [3.05, 3.63) is 85.1 Å². The minimum Gasteiger partial charge on any atom is -0.496 e. The number of nitro groups is 2. The van der Waals surface area contributed by atoms with Crippen molar-refractivity contribution in [3.8, 4) is 17.1 Å². The van der Waals surface area contributed by atoms with Crippen molar-refractivity contribution >= 4 is 35.1 Å². The van der Waals surface area contributed by atoms with Gasteiger partial charge in [-0.05, 0) is 24.3 Å². The third-order valence-electron chi connectivity index (χ3n) is 4.05. The molecule has 1 N–H and O–H groups in total. The molecule has 0 aliphatic carbocycles. The lowest BCUT2D eigenvalue weighted by Crippen LogP contribution is -2.18. The number of nitro benzene ring substituents is 2. The Morgan fingerprint density at radius 2 is 1.77 bits per heavy atom. The Morgan fingerprint density at radius 3 is 2.45 bits per heavy atom. The van der Waals surface area contributed by atoms with E-state index in [4.69, 9.17) is 20.8 Å². The van der Waals surface area contributed by atoms with E-state index < -0.39 is 15.8 Å². The minimum absolute atomic E-state index is 0.0719. The van der Waals surface area contributed by atoms with E-state index in [1.54, 1.807) is 0 Å². The number of nitrogens with zero attached hydrogens (tertiary/aromatic N) is 3. The fraction of sp³-hybridized carbons (Fsp3) is 0.0526. The zero-order valence-electron chi connectivity index (χ0n) is 15.8. The highest BCUT2D eigenvalue weighted by Crippen LogP contribution is 2.32. The van der Waals surface area contributed by atoms with Gasteiger partial charge in [0.15, 0.2) is 0 Å². The molecule has 158 valence electrons. The predicted octanol–water partition coefficient (Wildman–Crippen LogP) is 4.19. The molecule has 31 heavy (non-hydrogen) atoms. The lowest BCUT2D eigenvalue weighted by molar-refractivity contribution is -0.385. The number of carbonyl (C=O) groups is 1. The summed E-state index contributed by atoms with van der Waals surface area (Å²) in [6.07, 6.45) is 1.19. The first-order valence-corrected chi connectivity index (χ1v) is 8.88. The molecular formula is C19H13ClN4O7. The molecule has 0 saturated heterocycles. The lowest BCUT2D eigenvalue weighted by atomic mass is 10.1. The van der Waals surface area contributed by atoms with Crippen LogP contribution in [-0.2, 0) is 0 Å². The molecule has 12 heteroatoms. The highest BCUT2D eigenvalue weighted by atomic mass is 35.5. The third-order valence-corrected chi connectivity index (χ3v) is 4.38. The first-order valence-electron chi connectivity index (χ1n) is 8.50. The number of non-ortho nitro benzene ring substituents is 2. The minimum atomic E-state index is -0.731. The zero-order chi connectivity index (χ0) is 22.5. The van der Waals surface area contributed by atoms with Gasteiger partial charge in [-0.1, -0.05) is 11.6 Å². The molecule has 3 aromatic rings. The van der Waals surface area contributed by atoms with Crippen molar-refractivity contribution in [2.45, 2.75) is 0 Å². The van der Waals surface area contributed by atoms with Crippen LogP contribution in [0.1, 0.15) is 16.1 Å². The van der Waals surface area contributed by atoms with Crippen molar-refractivity contribution in [1.29, 1.82) is 0 Å². The van der Waals surface area contributed by atoms with Gasteiger partial charge in [-0.15, -0.1) is 0 Å². The van der Waals surface area contributed by atoms with Crippen LogP contribution < -0.4 is 10.2 Å². The molecule has 1 aromatic heterocycles. The van der Waals surface area contributed by atoms with E-state index in [1.807, 2.05) is 0 Å². The summed E-state index contributed by atoms with van der Waals surface area (Å²) in [5.74, 6) is -0.102. The number of furan rings is 1. The average Bonchev–Trinajstić information content (AvgIpc) is 3.21. The van der Waals surface area contributed by atoms with Crippen LogP contribution >= 0.6 is 11.6 Å². The summed E-state index contributed by atoms with van der Waals surface area (Å²) in [7, 11) is 1.32. The zero-order valence-corrected chi connectivity index (χ0v) is 16.5. The van der Waals surface area contributed by atoms with E-state index in [-0.39, 0.29) is 39.2 Å². The topological polar surface area (TPSA) is 150 Å². The third kappa shape index (κ3) is 4.85. The molecule has 0 spiro atoms. The van der Waals surface area contributed by atoms with Crippen LogP contribution in [0.5, 0.6) is 5.75 Å². The van der Waals surface area contributed by atoms with Gasteiger partial charge in [0, 0.05) is 29.8 Å². The Morgan fingerprint density at radius 1 is 1.10 bits per heavy atom. The van der Waals surface area contributed by atoms with Gasteiger partial charge in [0.1, 0.15) is 17.3 Å². The van der Waals surface area contributed by atoms with Crippen LogP contribution in [0.4, 0.5) is 11.4 Å². The van der Waals surface area contributed by atoms with Crippen molar-refractivity contribution in [3.63, 3.8) is 0 Å². The predicted molar refractivity (Wildman–Crippen MR) is 111 cm³/mol. The van der Waals surface area contributed by atoms with Gasteiger partial charge in [0.25, 0.3) is 17.3 Å².